The van der Waals surface area contributed by atoms with Crippen molar-refractivity contribution in [3.63, 3.8) is 0 Å². The Bertz CT molecular complexity index is 473. The van der Waals surface area contributed by atoms with Crippen molar-refractivity contribution in [1.29, 1.82) is 0 Å². The Labute approximate surface area is 119 Å². The van der Waals surface area contributed by atoms with Crippen LogP contribution in [0.4, 0.5) is 0 Å². The number of rotatable bonds is 6. The van der Waals surface area contributed by atoms with Crippen LogP contribution in [0.1, 0.15) is 49.7 Å². The molecule has 110 valence electrons. The van der Waals surface area contributed by atoms with E-state index in [4.69, 9.17) is 10.5 Å². The molecule has 2 unspecified atom stereocenters. The number of aromatic hydroxyl groups is 1. The van der Waals surface area contributed by atoms with Gasteiger partial charge in [0, 0.05) is 12.5 Å². The summed E-state index contributed by atoms with van der Waals surface area (Å²) in [6.45, 7) is 2.26. The minimum atomic E-state index is -0.124. The third kappa shape index (κ3) is 3.51. The van der Waals surface area contributed by atoms with E-state index < -0.39 is 0 Å². The standard InChI is InChI=1S/C16H23NO3/c1-2-20-16(19)6-4-3-5-13-14-10-12(18)8-7-11(14)9-15(13)17/h7-8,10,13,15,18H,2-6,9,17H2,1H3. The number of hydrogen-bond acceptors (Lipinski definition) is 4. The number of fused-ring (bicyclic) bond motifs is 1. The number of carbonyl (C=O) groups excluding carboxylic acids is 1. The Morgan fingerprint density at radius 3 is 3.00 bits per heavy atom. The van der Waals surface area contributed by atoms with Gasteiger partial charge in [-0.15, -0.1) is 0 Å². The second-order valence-electron chi connectivity index (χ2n) is 5.41. The van der Waals surface area contributed by atoms with Gasteiger partial charge in [0.25, 0.3) is 0 Å². The highest BCUT2D eigenvalue weighted by Crippen LogP contribution is 2.37. The summed E-state index contributed by atoms with van der Waals surface area (Å²) in [6, 6.07) is 5.63. The molecule has 0 fully saturated rings. The van der Waals surface area contributed by atoms with Crippen molar-refractivity contribution in [1.82, 2.24) is 0 Å². The molecule has 0 amide bonds. The molecule has 3 N–H and O–H groups in total. The zero-order valence-corrected chi connectivity index (χ0v) is 12.0. The molecule has 0 saturated carbocycles. The Morgan fingerprint density at radius 2 is 2.25 bits per heavy atom. The molecule has 4 heteroatoms. The van der Waals surface area contributed by atoms with Crippen LogP contribution >= 0.6 is 0 Å². The second-order valence-corrected chi connectivity index (χ2v) is 5.41. The van der Waals surface area contributed by atoms with E-state index in [0.29, 0.717) is 24.7 Å². The number of ether oxygens (including phenoxy) is 1. The first-order valence-electron chi connectivity index (χ1n) is 7.34. The highest BCUT2D eigenvalue weighted by molar-refractivity contribution is 5.69. The van der Waals surface area contributed by atoms with Gasteiger partial charge in [0.1, 0.15) is 5.75 Å². The summed E-state index contributed by atoms with van der Waals surface area (Å²) in [5, 5.41) is 9.60. The van der Waals surface area contributed by atoms with Gasteiger partial charge in [-0.2, -0.15) is 0 Å². The van der Waals surface area contributed by atoms with Crippen LogP contribution in [0.5, 0.6) is 5.75 Å². The maximum Gasteiger partial charge on any atom is 0.305 e. The lowest BCUT2D eigenvalue weighted by Gasteiger charge is -2.16. The number of hydrogen-bond donors (Lipinski definition) is 2. The molecule has 1 aromatic carbocycles. The van der Waals surface area contributed by atoms with Gasteiger partial charge in [0.2, 0.25) is 0 Å². The monoisotopic (exact) mass is 277 g/mol. The molecule has 20 heavy (non-hydrogen) atoms. The third-order valence-electron chi connectivity index (χ3n) is 3.95. The van der Waals surface area contributed by atoms with Gasteiger partial charge >= 0.3 is 5.97 Å². The van der Waals surface area contributed by atoms with Gasteiger partial charge in [0.15, 0.2) is 0 Å². The Hall–Kier alpha value is -1.55. The van der Waals surface area contributed by atoms with Crippen molar-refractivity contribution in [3.8, 4) is 5.75 Å². The van der Waals surface area contributed by atoms with E-state index in [1.165, 1.54) is 11.1 Å². The minimum absolute atomic E-state index is 0.120. The predicted molar refractivity (Wildman–Crippen MR) is 77.6 cm³/mol. The van der Waals surface area contributed by atoms with E-state index in [1.54, 1.807) is 6.07 Å². The molecule has 1 aliphatic rings. The molecule has 0 aromatic heterocycles. The highest BCUT2D eigenvalue weighted by atomic mass is 16.5. The molecular formula is C16H23NO3. The average molecular weight is 277 g/mol. The molecular weight excluding hydrogens is 254 g/mol. The summed E-state index contributed by atoms with van der Waals surface area (Å²) in [7, 11) is 0. The van der Waals surface area contributed by atoms with Crippen LogP contribution in [0.25, 0.3) is 0 Å². The van der Waals surface area contributed by atoms with Crippen LogP contribution in [-0.2, 0) is 16.0 Å². The zero-order valence-electron chi connectivity index (χ0n) is 12.0. The van der Waals surface area contributed by atoms with E-state index in [0.717, 1.165) is 25.7 Å². The SMILES string of the molecule is CCOC(=O)CCCCC1c2cc(O)ccc2CC1N. The molecule has 0 spiro atoms. The smallest absolute Gasteiger partial charge is 0.305 e. The predicted octanol–water partition coefficient (Wildman–Crippen LogP) is 2.48. The topological polar surface area (TPSA) is 72.5 Å². The van der Waals surface area contributed by atoms with Crippen molar-refractivity contribution in [2.45, 2.75) is 51.0 Å². The van der Waals surface area contributed by atoms with E-state index in [2.05, 4.69) is 0 Å². The van der Waals surface area contributed by atoms with Crippen molar-refractivity contribution in [2.75, 3.05) is 6.61 Å². The van der Waals surface area contributed by atoms with Gasteiger partial charge in [0.05, 0.1) is 6.61 Å². The zero-order chi connectivity index (χ0) is 14.5. The quantitative estimate of drug-likeness (QED) is 0.619. The summed E-state index contributed by atoms with van der Waals surface area (Å²) in [6.07, 6.45) is 4.08. The van der Waals surface area contributed by atoms with Gasteiger partial charge in [-0.3, -0.25) is 4.79 Å². The lowest BCUT2D eigenvalue weighted by molar-refractivity contribution is -0.143. The highest BCUT2D eigenvalue weighted by Gasteiger charge is 2.29. The summed E-state index contributed by atoms with van der Waals surface area (Å²) in [5.74, 6) is 0.468. The molecule has 0 heterocycles. The van der Waals surface area contributed by atoms with Crippen LogP contribution in [0.3, 0.4) is 0 Å². The number of nitrogens with two attached hydrogens (primary N) is 1. The van der Waals surface area contributed by atoms with Gasteiger partial charge in [-0.05, 0) is 55.4 Å². The molecule has 1 aliphatic carbocycles. The average Bonchev–Trinajstić information content (AvgIpc) is 2.71. The maximum absolute atomic E-state index is 11.3. The van der Waals surface area contributed by atoms with E-state index in [1.807, 2.05) is 19.1 Å². The summed E-state index contributed by atoms with van der Waals surface area (Å²) in [4.78, 5) is 11.3. The molecule has 1 aromatic rings. The number of carbonyl (C=O) groups is 1. The van der Waals surface area contributed by atoms with Crippen LogP contribution in [0, 0.1) is 0 Å². The third-order valence-corrected chi connectivity index (χ3v) is 3.95. The van der Waals surface area contributed by atoms with Crippen LogP contribution in [-0.4, -0.2) is 23.7 Å². The second kappa shape index (κ2) is 6.75. The van der Waals surface area contributed by atoms with Gasteiger partial charge in [-0.1, -0.05) is 12.5 Å². The number of benzene rings is 1. The summed E-state index contributed by atoms with van der Waals surface area (Å²) < 4.78 is 4.91. The molecule has 2 atom stereocenters. The number of phenolic OH excluding ortho intramolecular Hbond substituents is 1. The number of esters is 1. The summed E-state index contributed by atoms with van der Waals surface area (Å²) in [5.41, 5.74) is 8.61. The fraction of sp³-hybridized carbons (Fsp3) is 0.562. The van der Waals surface area contributed by atoms with Crippen molar-refractivity contribution >= 4 is 5.97 Å². The Balaban J connectivity index is 1.85. The largest absolute Gasteiger partial charge is 0.508 e. The first-order chi connectivity index (χ1) is 9.61. The molecule has 2 rings (SSSR count). The first kappa shape index (κ1) is 14.9. The van der Waals surface area contributed by atoms with Crippen molar-refractivity contribution < 1.29 is 14.6 Å². The van der Waals surface area contributed by atoms with Crippen molar-refractivity contribution in [2.24, 2.45) is 5.73 Å². The fourth-order valence-electron chi connectivity index (χ4n) is 2.98. The maximum atomic E-state index is 11.3. The van der Waals surface area contributed by atoms with Crippen molar-refractivity contribution in [3.05, 3.63) is 29.3 Å². The van der Waals surface area contributed by atoms with Crippen LogP contribution in [0.2, 0.25) is 0 Å². The summed E-state index contributed by atoms with van der Waals surface area (Å²) >= 11 is 0. The van der Waals surface area contributed by atoms with E-state index in [-0.39, 0.29) is 12.0 Å². The molecule has 0 saturated heterocycles. The molecule has 4 nitrogen and oxygen atoms in total. The van der Waals surface area contributed by atoms with Crippen LogP contribution in [0.15, 0.2) is 18.2 Å². The number of phenols is 1. The number of unbranched alkanes of at least 4 members (excludes halogenated alkanes) is 1. The lowest BCUT2D eigenvalue weighted by atomic mass is 9.92. The Morgan fingerprint density at radius 1 is 1.45 bits per heavy atom. The minimum Gasteiger partial charge on any atom is -0.508 e. The van der Waals surface area contributed by atoms with E-state index in [9.17, 15) is 9.90 Å². The first-order valence-corrected chi connectivity index (χ1v) is 7.34. The van der Waals surface area contributed by atoms with E-state index >= 15 is 0 Å². The van der Waals surface area contributed by atoms with Gasteiger partial charge in [-0.25, -0.2) is 0 Å². The molecule has 0 bridgehead atoms. The normalized spacial score (nSPS) is 20.7. The van der Waals surface area contributed by atoms with Crippen LogP contribution < -0.4 is 5.73 Å². The van der Waals surface area contributed by atoms with Gasteiger partial charge < -0.3 is 15.6 Å². The molecule has 0 radical (unpaired) electrons. The lowest BCUT2D eigenvalue weighted by Crippen LogP contribution is -2.24. The fourth-order valence-corrected chi connectivity index (χ4v) is 2.98. The molecule has 0 aliphatic heterocycles. The Kier molecular flexibility index (Phi) is 5.01.